The fraction of sp³-hybridized carbons (Fsp3) is 0.480. The van der Waals surface area contributed by atoms with Gasteiger partial charge < -0.3 is 19.5 Å². The molecule has 1 aliphatic rings. The van der Waals surface area contributed by atoms with E-state index in [0.717, 1.165) is 11.6 Å². The molecule has 2 unspecified atom stereocenters. The lowest BCUT2D eigenvalue weighted by Crippen LogP contribution is -2.45. The van der Waals surface area contributed by atoms with Gasteiger partial charge in [-0.25, -0.2) is 4.79 Å². The van der Waals surface area contributed by atoms with Crippen molar-refractivity contribution in [1.29, 1.82) is 0 Å². The molecule has 0 saturated heterocycles. The van der Waals surface area contributed by atoms with Crippen LogP contribution < -0.4 is 19.7 Å². The van der Waals surface area contributed by atoms with Crippen LogP contribution in [0.15, 0.2) is 30.3 Å². The molecule has 9 heteroatoms. The second kappa shape index (κ2) is 10.5. The summed E-state index contributed by atoms with van der Waals surface area (Å²) in [6, 6.07) is 7.54. The largest absolute Gasteiger partial charge is 0.493 e. The summed E-state index contributed by atoms with van der Waals surface area (Å²) in [5.74, 6) is 1.04. The lowest BCUT2D eigenvalue weighted by atomic mass is 9.85. The van der Waals surface area contributed by atoms with Crippen LogP contribution in [0.3, 0.4) is 0 Å². The average Bonchev–Trinajstić information content (AvgIpc) is 2.77. The summed E-state index contributed by atoms with van der Waals surface area (Å²) in [4.78, 5) is 14.3. The molecule has 1 amide bonds. The number of hydrogen-bond donors (Lipinski definition) is 1. The van der Waals surface area contributed by atoms with E-state index >= 15 is 0 Å². The van der Waals surface area contributed by atoms with Crippen LogP contribution in [0.25, 0.3) is 0 Å². The molecule has 6 nitrogen and oxygen atoms in total. The van der Waals surface area contributed by atoms with Crippen molar-refractivity contribution in [1.82, 2.24) is 5.32 Å². The first-order chi connectivity index (χ1) is 16.1. The molecule has 0 aromatic heterocycles. The number of hydrogen-bond acceptors (Lipinski definition) is 5. The van der Waals surface area contributed by atoms with E-state index in [0.29, 0.717) is 47.8 Å². The minimum absolute atomic E-state index is 0.00220. The summed E-state index contributed by atoms with van der Waals surface area (Å²) in [6.07, 6.45) is -4.17. The summed E-state index contributed by atoms with van der Waals surface area (Å²) >= 11 is 0. The zero-order valence-corrected chi connectivity index (χ0v) is 20.1. The highest BCUT2D eigenvalue weighted by molar-refractivity contribution is 5.91. The van der Waals surface area contributed by atoms with Gasteiger partial charge in [0.05, 0.1) is 32.1 Å². The number of carbonyl (C=O) groups is 1. The Morgan fingerprint density at radius 2 is 1.79 bits per heavy atom. The molecule has 1 aliphatic heterocycles. The van der Waals surface area contributed by atoms with Crippen molar-refractivity contribution in [3.05, 3.63) is 52.6 Å². The van der Waals surface area contributed by atoms with Crippen LogP contribution in [-0.2, 0) is 17.5 Å². The summed E-state index contributed by atoms with van der Waals surface area (Å²) in [7, 11) is 3.07. The molecule has 186 valence electrons. The van der Waals surface area contributed by atoms with Gasteiger partial charge in [0.15, 0.2) is 11.5 Å². The number of halogens is 3. The van der Waals surface area contributed by atoms with E-state index in [2.05, 4.69) is 5.32 Å². The number of nitrogens with one attached hydrogen (secondary N) is 1. The van der Waals surface area contributed by atoms with Crippen molar-refractivity contribution in [2.75, 3.05) is 32.3 Å². The Balaban J connectivity index is 1.86. The van der Waals surface area contributed by atoms with Gasteiger partial charge in [0.1, 0.15) is 0 Å². The Kier molecular flexibility index (Phi) is 7.97. The first kappa shape index (κ1) is 25.7. The maximum atomic E-state index is 13.2. The van der Waals surface area contributed by atoms with Crippen LogP contribution >= 0.6 is 0 Å². The Labute approximate surface area is 198 Å². The quantitative estimate of drug-likeness (QED) is 0.554. The Morgan fingerprint density at radius 3 is 2.41 bits per heavy atom. The van der Waals surface area contributed by atoms with E-state index in [1.807, 2.05) is 13.0 Å². The van der Waals surface area contributed by atoms with Crippen LogP contribution in [0, 0.1) is 6.92 Å². The van der Waals surface area contributed by atoms with E-state index in [4.69, 9.17) is 14.2 Å². The van der Waals surface area contributed by atoms with Gasteiger partial charge in [-0.2, -0.15) is 13.2 Å². The Hall–Kier alpha value is -2.94. The number of fused-ring (bicyclic) bond motifs is 1. The zero-order valence-electron chi connectivity index (χ0n) is 20.1. The van der Waals surface area contributed by atoms with Crippen molar-refractivity contribution in [3.63, 3.8) is 0 Å². The van der Waals surface area contributed by atoms with Gasteiger partial charge in [-0.1, -0.05) is 11.6 Å². The molecule has 2 aromatic rings. The maximum Gasteiger partial charge on any atom is 0.416 e. The molecule has 2 aromatic carbocycles. The standard InChI is InChI=1S/C25H31F3N2O4/c1-6-34-24(31)30-16(3)9-18(20-11-22(32-4)23(33-5)12-21(20)30)14-29-13-17-7-15(2)8-19(10-17)25(26,27)28/h7-8,10-12,16,18,29H,6,9,13-14H2,1-5H3. The number of anilines is 1. The van der Waals surface area contributed by atoms with Crippen LogP contribution in [-0.4, -0.2) is 39.5 Å². The number of aryl methyl sites for hydroxylation is 1. The van der Waals surface area contributed by atoms with Gasteiger partial charge in [0.2, 0.25) is 0 Å². The third-order valence-corrected chi connectivity index (χ3v) is 5.95. The van der Waals surface area contributed by atoms with Crippen LogP contribution in [0.4, 0.5) is 23.7 Å². The summed E-state index contributed by atoms with van der Waals surface area (Å²) in [6.45, 7) is 6.41. The number of carbonyl (C=O) groups excluding carboxylic acids is 1. The molecule has 34 heavy (non-hydrogen) atoms. The van der Waals surface area contributed by atoms with Gasteiger partial charge in [0.25, 0.3) is 0 Å². The number of ether oxygens (including phenoxy) is 3. The molecule has 0 bridgehead atoms. The van der Waals surface area contributed by atoms with Crippen molar-refractivity contribution in [2.45, 2.75) is 51.9 Å². The number of nitrogens with zero attached hydrogens (tertiary/aromatic N) is 1. The van der Waals surface area contributed by atoms with E-state index < -0.39 is 17.8 Å². The Bertz CT molecular complexity index is 1030. The first-order valence-electron chi connectivity index (χ1n) is 11.2. The van der Waals surface area contributed by atoms with Crippen LogP contribution in [0.1, 0.15) is 48.4 Å². The monoisotopic (exact) mass is 480 g/mol. The molecular formula is C25H31F3N2O4. The highest BCUT2D eigenvalue weighted by Gasteiger charge is 2.36. The van der Waals surface area contributed by atoms with Crippen LogP contribution in [0.5, 0.6) is 11.5 Å². The second-order valence-electron chi connectivity index (χ2n) is 8.45. The molecular weight excluding hydrogens is 449 g/mol. The fourth-order valence-corrected chi connectivity index (χ4v) is 4.48. The van der Waals surface area contributed by atoms with Crippen molar-refractivity contribution < 1.29 is 32.2 Å². The number of alkyl halides is 3. The van der Waals surface area contributed by atoms with E-state index in [1.165, 1.54) is 13.2 Å². The normalized spacial score (nSPS) is 17.8. The molecule has 0 spiro atoms. The maximum absolute atomic E-state index is 13.2. The minimum Gasteiger partial charge on any atom is -0.493 e. The van der Waals surface area contributed by atoms with Gasteiger partial charge in [-0.3, -0.25) is 4.90 Å². The lowest BCUT2D eigenvalue weighted by Gasteiger charge is -2.39. The van der Waals surface area contributed by atoms with Crippen molar-refractivity contribution in [3.8, 4) is 11.5 Å². The summed E-state index contributed by atoms with van der Waals surface area (Å²) in [5.41, 5.74) is 2.04. The number of benzene rings is 2. The minimum atomic E-state index is -4.38. The predicted molar refractivity (Wildman–Crippen MR) is 124 cm³/mol. The smallest absolute Gasteiger partial charge is 0.416 e. The van der Waals surface area contributed by atoms with E-state index in [9.17, 15) is 18.0 Å². The van der Waals surface area contributed by atoms with Crippen LogP contribution in [0.2, 0.25) is 0 Å². The molecule has 0 radical (unpaired) electrons. The number of methoxy groups -OCH3 is 2. The topological polar surface area (TPSA) is 60.0 Å². The van der Waals surface area contributed by atoms with Gasteiger partial charge >= 0.3 is 12.3 Å². The third kappa shape index (κ3) is 5.58. The predicted octanol–water partition coefficient (Wildman–Crippen LogP) is 5.66. The second-order valence-corrected chi connectivity index (χ2v) is 8.45. The number of amides is 1. The zero-order chi connectivity index (χ0) is 25.0. The molecule has 1 heterocycles. The molecule has 0 saturated carbocycles. The molecule has 1 N–H and O–H groups in total. The SMILES string of the molecule is CCOC(=O)N1c2cc(OC)c(OC)cc2C(CNCc2cc(C)cc(C(F)(F)F)c2)CC1C. The average molecular weight is 481 g/mol. The lowest BCUT2D eigenvalue weighted by molar-refractivity contribution is -0.137. The third-order valence-electron chi connectivity index (χ3n) is 5.95. The summed E-state index contributed by atoms with van der Waals surface area (Å²) < 4.78 is 55.7. The van der Waals surface area contributed by atoms with Crippen molar-refractivity contribution in [2.24, 2.45) is 0 Å². The first-order valence-corrected chi connectivity index (χ1v) is 11.2. The molecule has 0 aliphatic carbocycles. The number of rotatable bonds is 7. The van der Waals surface area contributed by atoms with Gasteiger partial charge in [-0.05, 0) is 56.5 Å². The molecule has 0 fully saturated rings. The molecule has 2 atom stereocenters. The highest BCUT2D eigenvalue weighted by atomic mass is 19.4. The van der Waals surface area contributed by atoms with Gasteiger partial charge in [0, 0.05) is 31.1 Å². The molecule has 3 rings (SSSR count). The van der Waals surface area contributed by atoms with E-state index in [1.54, 1.807) is 38.0 Å². The fourth-order valence-electron chi connectivity index (χ4n) is 4.48. The van der Waals surface area contributed by atoms with Crippen molar-refractivity contribution >= 4 is 11.8 Å². The van der Waals surface area contributed by atoms with E-state index in [-0.39, 0.29) is 18.6 Å². The Morgan fingerprint density at radius 1 is 1.12 bits per heavy atom. The summed E-state index contributed by atoms with van der Waals surface area (Å²) in [5, 5.41) is 3.30. The van der Waals surface area contributed by atoms with Gasteiger partial charge in [-0.15, -0.1) is 0 Å². The highest BCUT2D eigenvalue weighted by Crippen LogP contribution is 2.44.